The van der Waals surface area contributed by atoms with Crippen LogP contribution >= 0.6 is 0 Å². The van der Waals surface area contributed by atoms with Crippen LogP contribution in [0.3, 0.4) is 0 Å². The van der Waals surface area contributed by atoms with E-state index in [4.69, 9.17) is 4.74 Å². The maximum Gasteiger partial charge on any atom is 0.119 e. The molecule has 3 rings (SSSR count). The van der Waals surface area contributed by atoms with Gasteiger partial charge in [-0.15, -0.1) is 0 Å². The fourth-order valence-electron chi connectivity index (χ4n) is 2.94. The number of nitrogens with zero attached hydrogens (tertiary/aromatic N) is 1. The van der Waals surface area contributed by atoms with Gasteiger partial charge in [-0.25, -0.2) is 0 Å². The molecule has 134 valence electrons. The van der Waals surface area contributed by atoms with Crippen LogP contribution in [-0.4, -0.2) is 30.2 Å². The van der Waals surface area contributed by atoms with Crippen molar-refractivity contribution in [2.24, 2.45) is 0 Å². The molecule has 1 N–H and O–H groups in total. The molecule has 0 spiro atoms. The molecule has 0 fully saturated rings. The van der Waals surface area contributed by atoms with Gasteiger partial charge in [-0.2, -0.15) is 0 Å². The van der Waals surface area contributed by atoms with Crippen molar-refractivity contribution >= 4 is 0 Å². The van der Waals surface area contributed by atoms with Crippen molar-refractivity contribution in [2.45, 2.75) is 13.0 Å². The van der Waals surface area contributed by atoms with Crippen molar-refractivity contribution in [1.29, 1.82) is 0 Å². The lowest BCUT2D eigenvalue weighted by Gasteiger charge is -2.17. The molecule has 3 heteroatoms. The van der Waals surface area contributed by atoms with Crippen molar-refractivity contribution in [1.82, 2.24) is 4.90 Å². The van der Waals surface area contributed by atoms with Gasteiger partial charge in [0.25, 0.3) is 0 Å². The molecule has 0 saturated carbocycles. The number of hydrogen-bond acceptors (Lipinski definition) is 3. The summed E-state index contributed by atoms with van der Waals surface area (Å²) in [5.41, 5.74) is 3.53. The largest absolute Gasteiger partial charge is 0.508 e. The number of hydrogen-bond donors (Lipinski definition) is 1. The highest BCUT2D eigenvalue weighted by molar-refractivity contribution is 5.63. The molecule has 26 heavy (non-hydrogen) atoms. The van der Waals surface area contributed by atoms with Crippen molar-refractivity contribution in [3.8, 4) is 22.6 Å². The average Bonchev–Trinajstić information content (AvgIpc) is 2.66. The molecular weight excluding hydrogens is 322 g/mol. The first kappa shape index (κ1) is 18.0. The lowest BCUT2D eigenvalue weighted by atomic mass is 10.1. The summed E-state index contributed by atoms with van der Waals surface area (Å²) in [6.45, 7) is 2.45. The van der Waals surface area contributed by atoms with Crippen molar-refractivity contribution in [2.75, 3.05) is 20.2 Å². The minimum Gasteiger partial charge on any atom is -0.508 e. The normalized spacial score (nSPS) is 10.8. The second kappa shape index (κ2) is 9.07. The molecule has 0 heterocycles. The van der Waals surface area contributed by atoms with E-state index in [0.717, 1.165) is 30.8 Å². The van der Waals surface area contributed by atoms with Crippen LogP contribution < -0.4 is 4.74 Å². The molecule has 3 nitrogen and oxygen atoms in total. The van der Waals surface area contributed by atoms with Crippen LogP contribution in [0.4, 0.5) is 0 Å². The Morgan fingerprint density at radius 1 is 0.846 bits per heavy atom. The van der Waals surface area contributed by atoms with E-state index in [1.54, 1.807) is 12.1 Å². The molecule has 3 aromatic carbocycles. The van der Waals surface area contributed by atoms with Crippen LogP contribution in [0, 0.1) is 0 Å². The van der Waals surface area contributed by atoms with Gasteiger partial charge in [0, 0.05) is 13.1 Å². The van der Waals surface area contributed by atoms with Gasteiger partial charge in [0.1, 0.15) is 11.5 Å². The molecule has 0 aromatic heterocycles. The second-order valence-electron chi connectivity index (χ2n) is 6.50. The highest BCUT2D eigenvalue weighted by atomic mass is 16.5. The summed E-state index contributed by atoms with van der Waals surface area (Å²) in [6.07, 6.45) is 0.954. The second-order valence-corrected chi connectivity index (χ2v) is 6.50. The molecule has 0 atom stereocenters. The number of ether oxygens (including phenoxy) is 1. The van der Waals surface area contributed by atoms with Crippen LogP contribution in [-0.2, 0) is 6.54 Å². The van der Waals surface area contributed by atoms with Crippen molar-refractivity contribution in [3.63, 3.8) is 0 Å². The van der Waals surface area contributed by atoms with E-state index in [0.29, 0.717) is 12.4 Å². The minimum absolute atomic E-state index is 0.318. The van der Waals surface area contributed by atoms with Gasteiger partial charge in [0.05, 0.1) is 6.61 Å². The predicted molar refractivity (Wildman–Crippen MR) is 106 cm³/mol. The standard InChI is InChI=1S/C23H25NO2/c1-24(18-19-7-5-10-22(25)17-19)15-6-16-26-23-13-11-21(12-14-23)20-8-3-2-4-9-20/h2-5,7-14,17,25H,6,15-16,18H2,1H3. The fourth-order valence-corrected chi connectivity index (χ4v) is 2.94. The Hall–Kier alpha value is -2.78. The Kier molecular flexibility index (Phi) is 6.29. The number of aromatic hydroxyl groups is 1. The number of rotatable bonds is 8. The van der Waals surface area contributed by atoms with Crippen LogP contribution in [0.1, 0.15) is 12.0 Å². The summed E-state index contributed by atoms with van der Waals surface area (Å²) in [4.78, 5) is 2.23. The lowest BCUT2D eigenvalue weighted by molar-refractivity contribution is 0.258. The predicted octanol–water partition coefficient (Wildman–Crippen LogP) is 4.96. The summed E-state index contributed by atoms with van der Waals surface area (Å²) in [5, 5.41) is 9.52. The number of phenols is 1. The first-order chi connectivity index (χ1) is 12.7. The third-order valence-corrected chi connectivity index (χ3v) is 4.28. The number of phenolic OH excluding ortho intramolecular Hbond substituents is 1. The third-order valence-electron chi connectivity index (χ3n) is 4.28. The van der Waals surface area contributed by atoms with Gasteiger partial charge in [-0.1, -0.05) is 54.6 Å². The molecule has 3 aromatic rings. The van der Waals surface area contributed by atoms with E-state index in [1.165, 1.54) is 11.1 Å². The monoisotopic (exact) mass is 347 g/mol. The molecule has 0 unspecified atom stereocenters. The van der Waals surface area contributed by atoms with Crippen LogP contribution in [0.5, 0.6) is 11.5 Å². The van der Waals surface area contributed by atoms with Crippen molar-refractivity contribution < 1.29 is 9.84 Å². The van der Waals surface area contributed by atoms with E-state index in [2.05, 4.69) is 36.2 Å². The van der Waals surface area contributed by atoms with Crippen LogP contribution in [0.25, 0.3) is 11.1 Å². The quantitative estimate of drug-likeness (QED) is 0.585. The molecule has 0 amide bonds. The first-order valence-electron chi connectivity index (χ1n) is 8.95. The van der Waals surface area contributed by atoms with E-state index in [-0.39, 0.29) is 0 Å². The molecular formula is C23H25NO2. The van der Waals surface area contributed by atoms with Crippen LogP contribution in [0.15, 0.2) is 78.9 Å². The Labute approximate surface area is 155 Å². The summed E-state index contributed by atoms with van der Waals surface area (Å²) >= 11 is 0. The fraction of sp³-hybridized carbons (Fsp3) is 0.217. The lowest BCUT2D eigenvalue weighted by Crippen LogP contribution is -2.20. The summed E-state index contributed by atoms with van der Waals surface area (Å²) < 4.78 is 5.85. The highest BCUT2D eigenvalue weighted by Crippen LogP contribution is 2.22. The van der Waals surface area contributed by atoms with Gasteiger partial charge in [0.15, 0.2) is 0 Å². The average molecular weight is 347 g/mol. The van der Waals surface area contributed by atoms with Crippen molar-refractivity contribution in [3.05, 3.63) is 84.4 Å². The number of benzene rings is 3. The maximum atomic E-state index is 9.52. The molecule has 0 bridgehead atoms. The van der Waals surface area contributed by atoms with Gasteiger partial charge in [-0.3, -0.25) is 0 Å². The minimum atomic E-state index is 0.318. The maximum absolute atomic E-state index is 9.52. The zero-order valence-corrected chi connectivity index (χ0v) is 15.1. The molecule has 0 saturated heterocycles. The summed E-state index contributed by atoms with van der Waals surface area (Å²) in [5.74, 6) is 1.22. The third kappa shape index (κ3) is 5.36. The zero-order valence-electron chi connectivity index (χ0n) is 15.1. The Bertz CT molecular complexity index is 800. The molecule has 0 aliphatic heterocycles. The zero-order chi connectivity index (χ0) is 18.2. The highest BCUT2D eigenvalue weighted by Gasteiger charge is 2.02. The van der Waals surface area contributed by atoms with E-state index < -0.39 is 0 Å². The van der Waals surface area contributed by atoms with Crippen LogP contribution in [0.2, 0.25) is 0 Å². The molecule has 0 aliphatic rings. The van der Waals surface area contributed by atoms with E-state index >= 15 is 0 Å². The SMILES string of the molecule is CN(CCCOc1ccc(-c2ccccc2)cc1)Cc1cccc(O)c1. The first-order valence-corrected chi connectivity index (χ1v) is 8.95. The van der Waals surface area contributed by atoms with Gasteiger partial charge in [-0.05, 0) is 54.4 Å². The smallest absolute Gasteiger partial charge is 0.119 e. The summed E-state index contributed by atoms with van der Waals surface area (Å²) in [6, 6.07) is 26.0. The topological polar surface area (TPSA) is 32.7 Å². The Balaban J connectivity index is 1.41. The molecule has 0 radical (unpaired) electrons. The Morgan fingerprint density at radius 2 is 1.58 bits per heavy atom. The van der Waals surface area contributed by atoms with E-state index in [1.807, 2.05) is 42.5 Å². The summed E-state index contributed by atoms with van der Waals surface area (Å²) in [7, 11) is 2.08. The van der Waals surface area contributed by atoms with Gasteiger partial charge >= 0.3 is 0 Å². The van der Waals surface area contributed by atoms with Gasteiger partial charge in [0.2, 0.25) is 0 Å². The van der Waals surface area contributed by atoms with E-state index in [9.17, 15) is 5.11 Å². The Morgan fingerprint density at radius 3 is 2.31 bits per heavy atom. The van der Waals surface area contributed by atoms with Gasteiger partial charge < -0.3 is 14.7 Å². The molecule has 0 aliphatic carbocycles.